The van der Waals surface area contributed by atoms with Crippen molar-refractivity contribution in [2.75, 3.05) is 6.26 Å². The van der Waals surface area contributed by atoms with E-state index in [-0.39, 0.29) is 5.78 Å². The molecule has 1 heterocycles. The van der Waals surface area contributed by atoms with Gasteiger partial charge in [-0.3, -0.25) is 4.79 Å². The molecule has 0 amide bonds. The summed E-state index contributed by atoms with van der Waals surface area (Å²) in [5.41, 5.74) is 2.77. The highest BCUT2D eigenvalue weighted by atomic mass is 35.5. The quantitative estimate of drug-likeness (QED) is 0.407. The number of halogens is 1. The molecule has 0 fully saturated rings. The van der Waals surface area contributed by atoms with E-state index in [4.69, 9.17) is 11.6 Å². The van der Waals surface area contributed by atoms with Gasteiger partial charge >= 0.3 is 0 Å². The molecule has 0 N–H and O–H groups in total. The summed E-state index contributed by atoms with van der Waals surface area (Å²) in [6, 6.07) is 21.4. The Kier molecular flexibility index (Phi) is 5.79. The van der Waals surface area contributed by atoms with Crippen molar-refractivity contribution in [2.24, 2.45) is 0 Å². The summed E-state index contributed by atoms with van der Waals surface area (Å²) < 4.78 is 2.15. The number of hydrogen-bond donors (Lipinski definition) is 0. The van der Waals surface area contributed by atoms with Crippen molar-refractivity contribution in [1.29, 1.82) is 0 Å². The third-order valence-electron chi connectivity index (χ3n) is 3.90. The third kappa shape index (κ3) is 4.25. The number of thioether (sulfide) groups is 1. The molecule has 2 nitrogen and oxygen atoms in total. The van der Waals surface area contributed by atoms with E-state index in [1.54, 1.807) is 30.0 Å². The molecule has 0 radical (unpaired) electrons. The van der Waals surface area contributed by atoms with E-state index in [9.17, 15) is 4.79 Å². The summed E-state index contributed by atoms with van der Waals surface area (Å²) in [6.07, 6.45) is 5.68. The molecule has 0 saturated carbocycles. The summed E-state index contributed by atoms with van der Waals surface area (Å²) in [4.78, 5) is 13.5. The van der Waals surface area contributed by atoms with E-state index in [0.717, 1.165) is 17.1 Å². The fourth-order valence-corrected chi connectivity index (χ4v) is 3.50. The Morgan fingerprint density at radius 3 is 2.48 bits per heavy atom. The fraction of sp³-hybridized carbons (Fsp3) is 0.0952. The van der Waals surface area contributed by atoms with E-state index in [1.807, 2.05) is 54.9 Å². The van der Waals surface area contributed by atoms with Gasteiger partial charge in [0.1, 0.15) is 0 Å². The maximum atomic E-state index is 12.6. The predicted molar refractivity (Wildman–Crippen MR) is 107 cm³/mol. The fourth-order valence-electron chi connectivity index (χ4n) is 2.65. The van der Waals surface area contributed by atoms with Crippen LogP contribution in [0.1, 0.15) is 21.6 Å². The van der Waals surface area contributed by atoms with Crippen molar-refractivity contribution in [3.8, 4) is 0 Å². The average molecular weight is 368 g/mol. The van der Waals surface area contributed by atoms with Crippen LogP contribution < -0.4 is 0 Å². The minimum atomic E-state index is -0.0811. The molecule has 1 aromatic heterocycles. The molecular weight excluding hydrogens is 350 g/mol. The molecule has 3 aromatic rings. The second-order valence-electron chi connectivity index (χ2n) is 5.56. The zero-order valence-electron chi connectivity index (χ0n) is 13.9. The van der Waals surface area contributed by atoms with Gasteiger partial charge in [0.25, 0.3) is 0 Å². The summed E-state index contributed by atoms with van der Waals surface area (Å²) in [7, 11) is 0. The van der Waals surface area contributed by atoms with Crippen molar-refractivity contribution >= 4 is 34.1 Å². The summed E-state index contributed by atoms with van der Waals surface area (Å²) in [5.74, 6) is -0.0811. The zero-order chi connectivity index (χ0) is 17.6. The molecule has 25 heavy (non-hydrogen) atoms. The highest BCUT2D eigenvalue weighted by molar-refractivity contribution is 8.07. The largest absolute Gasteiger partial charge is 0.343 e. The highest BCUT2D eigenvalue weighted by Gasteiger charge is 2.12. The SMILES string of the molecule is CS/C(=C\C(=O)c1ccccc1Cl)c1cccn1Cc1ccccc1. The van der Waals surface area contributed by atoms with Crippen molar-refractivity contribution in [3.05, 3.63) is 101 Å². The molecule has 0 saturated heterocycles. The normalized spacial score (nSPS) is 11.5. The number of nitrogens with zero attached hydrogens (tertiary/aromatic N) is 1. The van der Waals surface area contributed by atoms with Gasteiger partial charge in [-0.15, -0.1) is 11.8 Å². The van der Waals surface area contributed by atoms with E-state index in [2.05, 4.69) is 16.7 Å². The maximum absolute atomic E-state index is 12.6. The lowest BCUT2D eigenvalue weighted by atomic mass is 10.1. The zero-order valence-corrected chi connectivity index (χ0v) is 15.4. The van der Waals surface area contributed by atoms with Gasteiger partial charge in [0, 0.05) is 29.3 Å². The van der Waals surface area contributed by atoms with Crippen LogP contribution in [0.5, 0.6) is 0 Å². The average Bonchev–Trinajstić information content (AvgIpc) is 3.08. The van der Waals surface area contributed by atoms with Crippen LogP contribution in [0.25, 0.3) is 4.91 Å². The first-order chi connectivity index (χ1) is 12.2. The van der Waals surface area contributed by atoms with Crippen LogP contribution in [0.3, 0.4) is 0 Å². The van der Waals surface area contributed by atoms with Crippen molar-refractivity contribution in [2.45, 2.75) is 6.54 Å². The number of carbonyl (C=O) groups excluding carboxylic acids is 1. The number of carbonyl (C=O) groups is 1. The molecule has 0 atom stereocenters. The molecule has 0 spiro atoms. The molecule has 4 heteroatoms. The lowest BCUT2D eigenvalue weighted by Gasteiger charge is -2.11. The Hall–Kier alpha value is -2.23. The van der Waals surface area contributed by atoms with Gasteiger partial charge < -0.3 is 4.57 Å². The first kappa shape index (κ1) is 17.6. The number of allylic oxidation sites excluding steroid dienone is 1. The van der Waals surface area contributed by atoms with Crippen LogP contribution in [0.2, 0.25) is 5.02 Å². The smallest absolute Gasteiger partial charge is 0.188 e. The number of benzene rings is 2. The minimum Gasteiger partial charge on any atom is -0.343 e. The Balaban J connectivity index is 1.90. The van der Waals surface area contributed by atoms with Crippen LogP contribution in [0.4, 0.5) is 0 Å². The van der Waals surface area contributed by atoms with Gasteiger partial charge in [-0.1, -0.05) is 54.1 Å². The van der Waals surface area contributed by atoms with Crippen LogP contribution in [0, 0.1) is 0 Å². The second kappa shape index (κ2) is 8.24. The second-order valence-corrected chi connectivity index (χ2v) is 6.82. The molecule has 0 aliphatic carbocycles. The molecule has 126 valence electrons. The van der Waals surface area contributed by atoms with Gasteiger partial charge in [-0.05, 0) is 36.1 Å². The Labute approximate surface area is 157 Å². The lowest BCUT2D eigenvalue weighted by molar-refractivity contribution is 0.104. The van der Waals surface area contributed by atoms with Crippen molar-refractivity contribution < 1.29 is 4.79 Å². The maximum Gasteiger partial charge on any atom is 0.188 e. The first-order valence-electron chi connectivity index (χ1n) is 7.93. The monoisotopic (exact) mass is 367 g/mol. The summed E-state index contributed by atoms with van der Waals surface area (Å²) in [6.45, 7) is 0.765. The van der Waals surface area contributed by atoms with Crippen LogP contribution in [-0.4, -0.2) is 16.6 Å². The Morgan fingerprint density at radius 2 is 1.76 bits per heavy atom. The lowest BCUT2D eigenvalue weighted by Crippen LogP contribution is -2.03. The molecule has 2 aromatic carbocycles. The molecule has 3 rings (SSSR count). The van der Waals surface area contributed by atoms with Crippen LogP contribution >= 0.6 is 23.4 Å². The van der Waals surface area contributed by atoms with Crippen LogP contribution in [0.15, 0.2) is 79.0 Å². The van der Waals surface area contributed by atoms with Crippen molar-refractivity contribution in [3.63, 3.8) is 0 Å². The minimum absolute atomic E-state index is 0.0811. The first-order valence-corrected chi connectivity index (χ1v) is 9.53. The van der Waals surface area contributed by atoms with Gasteiger partial charge in [-0.2, -0.15) is 0 Å². The van der Waals surface area contributed by atoms with E-state index in [0.29, 0.717) is 10.6 Å². The number of ketones is 1. The Morgan fingerprint density at radius 1 is 1.04 bits per heavy atom. The van der Waals surface area contributed by atoms with E-state index < -0.39 is 0 Å². The van der Waals surface area contributed by atoms with Crippen molar-refractivity contribution in [1.82, 2.24) is 4.57 Å². The van der Waals surface area contributed by atoms with Gasteiger partial charge in [-0.25, -0.2) is 0 Å². The molecule has 0 aliphatic heterocycles. The van der Waals surface area contributed by atoms with E-state index >= 15 is 0 Å². The topological polar surface area (TPSA) is 22.0 Å². The van der Waals surface area contributed by atoms with Gasteiger partial charge in [0.2, 0.25) is 0 Å². The third-order valence-corrected chi connectivity index (χ3v) is 5.00. The highest BCUT2D eigenvalue weighted by Crippen LogP contribution is 2.28. The standard InChI is InChI=1S/C21H18ClNOS/c1-25-21(14-20(24)17-10-5-6-11-18(17)22)19-12-7-13-23(19)15-16-8-3-2-4-9-16/h2-14H,15H2,1H3/b21-14-. The van der Waals surface area contributed by atoms with Gasteiger partial charge in [0.15, 0.2) is 5.78 Å². The number of aromatic nitrogens is 1. The van der Waals surface area contributed by atoms with Gasteiger partial charge in [0.05, 0.1) is 10.7 Å². The molecule has 0 aliphatic rings. The van der Waals surface area contributed by atoms with E-state index in [1.165, 1.54) is 5.56 Å². The summed E-state index contributed by atoms with van der Waals surface area (Å²) >= 11 is 7.70. The number of hydrogen-bond acceptors (Lipinski definition) is 2. The molecular formula is C21H18ClNOS. The molecule has 0 bridgehead atoms. The van der Waals surface area contributed by atoms with Crippen LogP contribution in [-0.2, 0) is 6.54 Å². The predicted octanol–water partition coefficient (Wildman–Crippen LogP) is 5.78. The molecule has 0 unspecified atom stereocenters. The summed E-state index contributed by atoms with van der Waals surface area (Å²) in [5, 5.41) is 0.476. The number of rotatable bonds is 6. The Bertz CT molecular complexity index is 899.